The molecule has 1 unspecified atom stereocenters. The first-order valence-corrected chi connectivity index (χ1v) is 38.2. The second kappa shape index (κ2) is 33.2. The summed E-state index contributed by atoms with van der Waals surface area (Å²) in [6, 6.07) is 8.19. The Morgan fingerprint density at radius 2 is 1.48 bits per heavy atom. The van der Waals surface area contributed by atoms with Crippen LogP contribution in [0.1, 0.15) is 169 Å². The molecular formula is C75H108N15O16P. The molecule has 6 aliphatic rings. The minimum atomic E-state index is -5.10. The van der Waals surface area contributed by atoms with Crippen LogP contribution in [0.4, 0.5) is 0 Å². The van der Waals surface area contributed by atoms with Gasteiger partial charge in [-0.3, -0.25) is 72.3 Å². The number of hydrogen-bond donors (Lipinski definition) is 11. The lowest BCUT2D eigenvalue weighted by Crippen LogP contribution is -2.56. The highest BCUT2D eigenvalue weighted by atomic mass is 31.2. The van der Waals surface area contributed by atoms with Crippen LogP contribution in [0, 0.1) is 59.2 Å². The van der Waals surface area contributed by atoms with E-state index in [4.69, 9.17) is 62.2 Å². The molecule has 7 amide bonds. The van der Waals surface area contributed by atoms with Crippen LogP contribution in [0.2, 0.25) is 0 Å². The molecule has 0 saturated carbocycles. The summed E-state index contributed by atoms with van der Waals surface area (Å²) in [7, 11) is -5.10. The first-order chi connectivity index (χ1) is 50.2. The third kappa shape index (κ3) is 17.7. The molecule has 0 spiro atoms. The number of nitrogens with two attached hydrogens (primary N) is 5. The summed E-state index contributed by atoms with van der Waals surface area (Å²) in [6.45, 7) is 22.3. The molecule has 8 bridgehead atoms. The smallest absolute Gasteiger partial charge is 0.465 e. The van der Waals surface area contributed by atoms with Crippen molar-refractivity contribution in [2.24, 2.45) is 89.0 Å². The topological polar surface area (TPSA) is 488 Å². The molecule has 32 heteroatoms. The molecule has 584 valence electrons. The van der Waals surface area contributed by atoms with Gasteiger partial charge >= 0.3 is 13.8 Å². The van der Waals surface area contributed by atoms with Crippen molar-refractivity contribution in [3.8, 4) is 0 Å². The van der Waals surface area contributed by atoms with E-state index < -0.39 is 143 Å². The number of nitrogens with zero attached hydrogens (tertiary/aromatic N) is 7. The molecule has 107 heavy (non-hydrogen) atoms. The SMILES string of the molecule is CCOC(=O)CN(CCCNC(=O)CC[C@@H]1C2=CC3=NC(=C(C)C4=N[C@H]([C@H](CC(N)=O)[C@@]4(C)CCC(=O)NC[C@H](C)OP(=O)(O)O[C@H]4[C@@H](O)[C@@H](n5cnc6cc(C)c(C)cc65)O[C@@H]4CO)[C@]4(C)N=C(/C(C)=C(\N2)[C@@]1(C)CC(N)=O)[C@@H](CCC(N)=O)[C@]4(C)CC(N)=O)[C@@H](CCC(N)=O)C3(C)C)Cc1ccccn1. The molecule has 16 N–H and O–H groups in total. The Labute approximate surface area is 623 Å². The zero-order valence-corrected chi connectivity index (χ0v) is 64.3. The number of ether oxygens (including phenoxy) is 2. The first kappa shape index (κ1) is 82.6. The van der Waals surface area contributed by atoms with Gasteiger partial charge in [-0.1, -0.05) is 40.7 Å². The van der Waals surface area contributed by atoms with E-state index in [1.807, 2.05) is 104 Å². The number of phosphoric acid groups is 1. The van der Waals surface area contributed by atoms with Crippen LogP contribution < -0.4 is 44.6 Å². The van der Waals surface area contributed by atoms with Gasteiger partial charge in [0, 0.05) is 157 Å². The lowest BCUT2D eigenvalue weighted by atomic mass is 9.55. The van der Waals surface area contributed by atoms with Crippen molar-refractivity contribution in [2.75, 3.05) is 39.4 Å². The average Bonchev–Trinajstić information content (AvgIpc) is 1.53. The van der Waals surface area contributed by atoms with Gasteiger partial charge in [-0.05, 0) is 133 Å². The van der Waals surface area contributed by atoms with Gasteiger partial charge in [0.15, 0.2) is 6.23 Å². The highest BCUT2D eigenvalue weighted by molar-refractivity contribution is 7.47. The number of aromatic nitrogens is 3. The van der Waals surface area contributed by atoms with Crippen molar-refractivity contribution in [1.29, 1.82) is 0 Å². The van der Waals surface area contributed by atoms with Gasteiger partial charge in [-0.2, -0.15) is 0 Å². The number of allylic oxidation sites excluding steroid dienone is 6. The largest absolute Gasteiger partial charge is 0.472 e. The highest BCUT2D eigenvalue weighted by Crippen LogP contribution is 2.63. The van der Waals surface area contributed by atoms with Crippen molar-refractivity contribution in [3.63, 3.8) is 0 Å². The maximum Gasteiger partial charge on any atom is 0.472 e. The number of phosphoric ester groups is 1. The number of primary amides is 5. The summed E-state index contributed by atoms with van der Waals surface area (Å²) in [6.07, 6.45) is -2.35. The van der Waals surface area contributed by atoms with Crippen LogP contribution in [-0.4, -0.2) is 174 Å². The standard InChI is InChI=1S/C75H108N15O16P/c1-13-103-62(99)37-89(36-45-17-14-15-26-81-45)28-16-27-82-60(97)23-20-46-50-32-54-71(7,8)47(18-21-55(76)92)63(86-54)43(5)67-72(9,25-24-61(98)83-35-42(4)105-107(101,102)106-66-53(38-91)104-70(65(66)100)90-39-84-51-29-40(2)41(3)30-52(51)90)49(31-57(78)94)69(87-67)75(12)74(11,34-59(80)96)48(19-22-56(77)93)64(88-75)44(6)68(85-50)73(46,10)33-58(79)95/h14-15,17,26,29-30,32,39,42,46-49,53,65-66,69-70,85,91,100H,13,16,18-25,27-28,31,33-38H2,1-12H3,(H2,76,92)(H2,77,93)(H2,78,94)(H2,79,95)(H2,80,96)(H,82,97)(H,83,98)(H,101,102)/b50-32?,63-43?,68-44-/t42-,46+,47+,48+,49-,53+,65+,66+,69+,70-,72+,73-,74-,75-/m0/s1. The number of aliphatic imine (C=N–C) groups is 3. The molecule has 2 saturated heterocycles. The molecule has 6 aliphatic heterocycles. The van der Waals surface area contributed by atoms with E-state index in [2.05, 4.69) is 25.9 Å². The van der Waals surface area contributed by atoms with Crippen LogP contribution in [-0.2, 0) is 68.0 Å². The van der Waals surface area contributed by atoms with Gasteiger partial charge in [0.05, 0.1) is 60.5 Å². The Hall–Kier alpha value is -8.42. The number of aliphatic hydroxyl groups is 2. The number of imidazole rings is 1. The molecular weight excluding hydrogens is 1400 g/mol. The molecule has 0 radical (unpaired) electrons. The number of aryl methyl sites for hydroxylation is 2. The average molecular weight is 1510 g/mol. The Bertz CT molecular complexity index is 4190. The third-order valence-corrected chi connectivity index (χ3v) is 24.5. The summed E-state index contributed by atoms with van der Waals surface area (Å²) in [5.74, 6) is -7.53. The van der Waals surface area contributed by atoms with Crippen LogP contribution in [0.3, 0.4) is 0 Å². The molecule has 2 fully saturated rings. The number of esters is 1. The van der Waals surface area contributed by atoms with Gasteiger partial charge < -0.3 is 73.8 Å². The van der Waals surface area contributed by atoms with Crippen molar-refractivity contribution >= 4 is 83.3 Å². The van der Waals surface area contributed by atoms with Gasteiger partial charge in [-0.15, -0.1) is 0 Å². The zero-order valence-electron chi connectivity index (χ0n) is 63.4. The van der Waals surface area contributed by atoms with Crippen LogP contribution in [0.15, 0.2) is 92.1 Å². The normalized spacial score (nSPS) is 29.4. The number of nitrogens with one attached hydrogen (secondary N) is 3. The minimum Gasteiger partial charge on any atom is -0.465 e. The Morgan fingerprint density at radius 1 is 0.813 bits per heavy atom. The summed E-state index contributed by atoms with van der Waals surface area (Å²) in [5.41, 5.74) is 32.4. The monoisotopic (exact) mass is 1510 g/mol. The predicted octanol–water partition coefficient (Wildman–Crippen LogP) is 4.64. The number of carbonyl (C=O) groups excluding carboxylic acids is 8. The van der Waals surface area contributed by atoms with E-state index >= 15 is 0 Å². The van der Waals surface area contributed by atoms with Crippen LogP contribution >= 0.6 is 7.82 Å². The summed E-state index contributed by atoms with van der Waals surface area (Å²) >= 11 is 0. The fourth-order valence-corrected chi connectivity index (χ4v) is 18.5. The second-order valence-electron chi connectivity index (χ2n) is 31.2. The Kier molecular flexibility index (Phi) is 25.6. The predicted molar refractivity (Wildman–Crippen MR) is 398 cm³/mol. The molecule has 8 heterocycles. The maximum absolute atomic E-state index is 14.5. The number of amides is 7. The van der Waals surface area contributed by atoms with E-state index in [1.54, 1.807) is 23.8 Å². The number of benzene rings is 1. The lowest BCUT2D eigenvalue weighted by molar-refractivity contribution is -0.144. The van der Waals surface area contributed by atoms with Crippen LogP contribution in [0.25, 0.3) is 11.0 Å². The van der Waals surface area contributed by atoms with E-state index in [1.165, 1.54) is 13.3 Å². The molecule has 15 atom stereocenters. The summed E-state index contributed by atoms with van der Waals surface area (Å²) in [4.78, 5) is 148. The van der Waals surface area contributed by atoms with Crippen molar-refractivity contribution in [1.82, 2.24) is 35.4 Å². The highest BCUT2D eigenvalue weighted by Gasteiger charge is 2.66. The fourth-order valence-electron chi connectivity index (χ4n) is 17.4. The molecule has 2 aromatic heterocycles. The van der Waals surface area contributed by atoms with Gasteiger partial charge in [0.25, 0.3) is 0 Å². The van der Waals surface area contributed by atoms with Crippen molar-refractivity contribution < 1.29 is 76.5 Å². The van der Waals surface area contributed by atoms with Gasteiger partial charge in [0.2, 0.25) is 41.4 Å². The quantitative estimate of drug-likeness (QED) is 0.0217. The van der Waals surface area contributed by atoms with Gasteiger partial charge in [-0.25, -0.2) is 9.55 Å². The van der Waals surface area contributed by atoms with E-state index in [9.17, 15) is 58.0 Å². The number of fused-ring (bicyclic) bond motifs is 7. The second-order valence-corrected chi connectivity index (χ2v) is 32.5. The first-order valence-electron chi connectivity index (χ1n) is 36.7. The number of hydrogen-bond acceptors (Lipinski definition) is 22. The molecule has 3 aromatic rings. The van der Waals surface area contributed by atoms with Crippen molar-refractivity contribution in [2.45, 2.75) is 209 Å². The number of pyridine rings is 1. The Morgan fingerprint density at radius 3 is 2.11 bits per heavy atom. The van der Waals surface area contributed by atoms with E-state index in [-0.39, 0.29) is 103 Å². The number of carbonyl (C=O) groups is 8. The third-order valence-electron chi connectivity index (χ3n) is 23.3. The number of rotatable bonds is 35. The fraction of sp³-hybridized carbons (Fsp3) is 0.613. The lowest BCUT2D eigenvalue weighted by Gasteiger charge is -2.48. The summed E-state index contributed by atoms with van der Waals surface area (Å²) < 4.78 is 37.7. The van der Waals surface area contributed by atoms with E-state index in [0.717, 1.165) is 16.8 Å². The molecule has 31 nitrogen and oxygen atoms in total. The molecule has 1 aromatic carbocycles. The Balaban J connectivity index is 1.08. The number of aliphatic hydroxyl groups excluding tert-OH is 2. The van der Waals surface area contributed by atoms with Crippen LogP contribution in [0.5, 0.6) is 0 Å². The van der Waals surface area contributed by atoms with Crippen molar-refractivity contribution in [3.05, 3.63) is 94.0 Å². The summed E-state index contributed by atoms with van der Waals surface area (Å²) in [5, 5.41) is 31.5. The van der Waals surface area contributed by atoms with Gasteiger partial charge in [0.1, 0.15) is 18.3 Å². The molecule has 0 aliphatic carbocycles. The maximum atomic E-state index is 14.5. The zero-order chi connectivity index (χ0) is 78.6. The van der Waals surface area contributed by atoms with E-state index in [0.29, 0.717) is 75.9 Å². The molecule has 9 rings (SSSR count). The minimum absolute atomic E-state index is 0.0139.